The van der Waals surface area contributed by atoms with E-state index in [1.807, 2.05) is 35.2 Å². The number of pyridine rings is 1. The quantitative estimate of drug-likeness (QED) is 0.716. The molecule has 1 atom stereocenters. The first kappa shape index (κ1) is 18.8. The molecule has 0 radical (unpaired) electrons. The number of urea groups is 1. The largest absolute Gasteiger partial charge is 0.497 e. The van der Waals surface area contributed by atoms with Crippen LogP contribution in [0.4, 0.5) is 10.5 Å². The minimum atomic E-state index is -0.161. The zero-order valence-electron chi connectivity index (χ0n) is 16.4. The topological polar surface area (TPSA) is 81.5 Å². The number of anilines is 1. The Balaban J connectivity index is 1.52. The number of carbonyl (C=O) groups is 1. The fourth-order valence-electron chi connectivity index (χ4n) is 3.65. The van der Waals surface area contributed by atoms with Crippen molar-refractivity contribution in [2.45, 2.75) is 18.9 Å². The monoisotopic (exact) mass is 393 g/mol. The number of nitrogens with zero attached hydrogens (tertiary/aromatic N) is 4. The number of aromatic nitrogens is 3. The normalized spacial score (nSPS) is 15.9. The molecule has 3 heterocycles. The number of amides is 2. The van der Waals surface area contributed by atoms with Gasteiger partial charge in [-0.15, -0.1) is 0 Å². The zero-order valence-corrected chi connectivity index (χ0v) is 16.4. The van der Waals surface area contributed by atoms with E-state index in [1.165, 1.54) is 0 Å². The molecule has 2 amide bonds. The molecule has 3 aromatic rings. The SMILES string of the molecule is COc1ccc(OC)c(C2CCCN2C(=O)Nc2cnn(-c3ccncc3)c2)c1. The first-order valence-corrected chi connectivity index (χ1v) is 9.44. The fourth-order valence-corrected chi connectivity index (χ4v) is 3.65. The van der Waals surface area contributed by atoms with Crippen LogP contribution in [0.5, 0.6) is 11.5 Å². The highest BCUT2D eigenvalue weighted by Crippen LogP contribution is 2.39. The molecule has 1 aliphatic heterocycles. The van der Waals surface area contributed by atoms with Crippen LogP contribution in [0.3, 0.4) is 0 Å². The van der Waals surface area contributed by atoms with E-state index in [9.17, 15) is 4.79 Å². The number of likely N-dealkylation sites (tertiary alicyclic amines) is 1. The van der Waals surface area contributed by atoms with Gasteiger partial charge in [0.1, 0.15) is 11.5 Å². The Hall–Kier alpha value is -3.55. The molecule has 1 unspecified atom stereocenters. The maximum atomic E-state index is 13.0. The van der Waals surface area contributed by atoms with Crippen LogP contribution in [0, 0.1) is 0 Å². The number of nitrogens with one attached hydrogen (secondary N) is 1. The van der Waals surface area contributed by atoms with E-state index >= 15 is 0 Å². The van der Waals surface area contributed by atoms with Gasteiger partial charge in [0.25, 0.3) is 0 Å². The number of methoxy groups -OCH3 is 2. The number of ether oxygens (including phenoxy) is 2. The van der Waals surface area contributed by atoms with Gasteiger partial charge >= 0.3 is 6.03 Å². The van der Waals surface area contributed by atoms with Gasteiger partial charge in [0.15, 0.2) is 0 Å². The van der Waals surface area contributed by atoms with E-state index in [0.29, 0.717) is 12.2 Å². The molecule has 29 heavy (non-hydrogen) atoms. The predicted octanol–water partition coefficient (Wildman–Crippen LogP) is 3.65. The summed E-state index contributed by atoms with van der Waals surface area (Å²) < 4.78 is 12.6. The van der Waals surface area contributed by atoms with Crippen LogP contribution in [-0.4, -0.2) is 46.5 Å². The number of hydrogen-bond acceptors (Lipinski definition) is 5. The van der Waals surface area contributed by atoms with Crippen LogP contribution in [-0.2, 0) is 0 Å². The summed E-state index contributed by atoms with van der Waals surface area (Å²) in [5.41, 5.74) is 2.46. The molecular weight excluding hydrogens is 370 g/mol. The molecule has 4 rings (SSSR count). The van der Waals surface area contributed by atoms with Crippen LogP contribution in [0.2, 0.25) is 0 Å². The van der Waals surface area contributed by atoms with Crippen LogP contribution in [0.1, 0.15) is 24.4 Å². The smallest absolute Gasteiger partial charge is 0.322 e. The summed E-state index contributed by atoms with van der Waals surface area (Å²) in [5.74, 6) is 1.49. The molecule has 0 bridgehead atoms. The maximum absolute atomic E-state index is 13.0. The molecule has 2 aromatic heterocycles. The summed E-state index contributed by atoms with van der Waals surface area (Å²) in [7, 11) is 3.27. The lowest BCUT2D eigenvalue weighted by Gasteiger charge is -2.26. The van der Waals surface area contributed by atoms with Gasteiger partial charge in [0, 0.05) is 24.5 Å². The van der Waals surface area contributed by atoms with E-state index in [4.69, 9.17) is 9.47 Å². The van der Waals surface area contributed by atoms with Gasteiger partial charge in [0.2, 0.25) is 0 Å². The van der Waals surface area contributed by atoms with Crippen molar-refractivity contribution in [3.05, 3.63) is 60.7 Å². The van der Waals surface area contributed by atoms with E-state index in [0.717, 1.165) is 35.6 Å². The second-order valence-electron chi connectivity index (χ2n) is 6.77. The zero-order chi connectivity index (χ0) is 20.2. The summed E-state index contributed by atoms with van der Waals surface area (Å²) in [6.45, 7) is 0.676. The van der Waals surface area contributed by atoms with Crippen LogP contribution < -0.4 is 14.8 Å². The van der Waals surface area contributed by atoms with E-state index in [-0.39, 0.29) is 12.1 Å². The number of carbonyl (C=O) groups excluding carboxylic acids is 1. The molecule has 150 valence electrons. The summed E-state index contributed by atoms with van der Waals surface area (Å²) in [6.07, 6.45) is 8.61. The van der Waals surface area contributed by atoms with Crippen molar-refractivity contribution in [1.29, 1.82) is 0 Å². The molecule has 1 N–H and O–H groups in total. The minimum Gasteiger partial charge on any atom is -0.497 e. The van der Waals surface area contributed by atoms with E-state index in [1.54, 1.807) is 43.7 Å². The molecule has 1 aromatic carbocycles. The fraction of sp³-hybridized carbons (Fsp3) is 0.286. The highest BCUT2D eigenvalue weighted by Gasteiger charge is 2.32. The summed E-state index contributed by atoms with van der Waals surface area (Å²) in [5, 5.41) is 7.27. The van der Waals surface area contributed by atoms with Gasteiger partial charge in [0.05, 0.1) is 44.0 Å². The summed E-state index contributed by atoms with van der Waals surface area (Å²) in [6, 6.07) is 9.14. The predicted molar refractivity (Wildman–Crippen MR) is 109 cm³/mol. The molecule has 0 spiro atoms. The Morgan fingerprint density at radius 1 is 1.17 bits per heavy atom. The third-order valence-electron chi connectivity index (χ3n) is 5.07. The lowest BCUT2D eigenvalue weighted by Crippen LogP contribution is -2.34. The van der Waals surface area contributed by atoms with E-state index in [2.05, 4.69) is 15.4 Å². The lowest BCUT2D eigenvalue weighted by atomic mass is 10.0. The van der Waals surface area contributed by atoms with Crippen molar-refractivity contribution < 1.29 is 14.3 Å². The number of rotatable bonds is 5. The second kappa shape index (κ2) is 8.22. The second-order valence-corrected chi connectivity index (χ2v) is 6.77. The van der Waals surface area contributed by atoms with Gasteiger partial charge in [-0.1, -0.05) is 0 Å². The van der Waals surface area contributed by atoms with Gasteiger partial charge in [-0.05, 0) is 43.2 Å². The molecule has 8 nitrogen and oxygen atoms in total. The van der Waals surface area contributed by atoms with Gasteiger partial charge in [-0.25, -0.2) is 9.48 Å². The molecule has 0 aliphatic carbocycles. The van der Waals surface area contributed by atoms with Crippen molar-refractivity contribution >= 4 is 11.7 Å². The van der Waals surface area contributed by atoms with E-state index < -0.39 is 0 Å². The Morgan fingerprint density at radius 3 is 2.76 bits per heavy atom. The Morgan fingerprint density at radius 2 is 2.00 bits per heavy atom. The van der Waals surface area contributed by atoms with Crippen LogP contribution in [0.25, 0.3) is 5.69 Å². The third-order valence-corrected chi connectivity index (χ3v) is 5.07. The average Bonchev–Trinajstić information content (AvgIpc) is 3.43. The molecule has 0 saturated carbocycles. The van der Waals surface area contributed by atoms with Crippen molar-refractivity contribution in [2.75, 3.05) is 26.1 Å². The highest BCUT2D eigenvalue weighted by atomic mass is 16.5. The Bertz CT molecular complexity index is 989. The molecule has 1 fully saturated rings. The van der Waals surface area contributed by atoms with Crippen molar-refractivity contribution in [2.24, 2.45) is 0 Å². The minimum absolute atomic E-state index is 0.0738. The lowest BCUT2D eigenvalue weighted by molar-refractivity contribution is 0.206. The molecule has 8 heteroatoms. The van der Waals surface area contributed by atoms with Gasteiger partial charge in [-0.2, -0.15) is 5.10 Å². The molecule has 1 aliphatic rings. The number of benzene rings is 1. The Labute approximate surface area is 169 Å². The Kier molecular flexibility index (Phi) is 5.33. The van der Waals surface area contributed by atoms with Gasteiger partial charge < -0.3 is 19.7 Å². The third kappa shape index (κ3) is 3.87. The molecular formula is C21H23N5O3. The summed E-state index contributed by atoms with van der Waals surface area (Å²) in [4.78, 5) is 18.8. The maximum Gasteiger partial charge on any atom is 0.322 e. The standard InChI is InChI=1S/C21H23N5O3/c1-28-17-5-6-20(29-2)18(12-17)19-4-3-11-25(19)21(27)24-15-13-23-26(14-15)16-7-9-22-10-8-16/h5-10,12-14,19H,3-4,11H2,1-2H3,(H,24,27). The number of hydrogen-bond donors (Lipinski definition) is 1. The summed E-state index contributed by atoms with van der Waals surface area (Å²) >= 11 is 0. The average molecular weight is 393 g/mol. The highest BCUT2D eigenvalue weighted by molar-refractivity contribution is 5.89. The van der Waals surface area contributed by atoms with Crippen molar-refractivity contribution in [3.63, 3.8) is 0 Å². The molecule has 1 saturated heterocycles. The van der Waals surface area contributed by atoms with Crippen LogP contribution >= 0.6 is 0 Å². The van der Waals surface area contributed by atoms with Gasteiger partial charge in [-0.3, -0.25) is 4.98 Å². The van der Waals surface area contributed by atoms with Crippen molar-refractivity contribution in [1.82, 2.24) is 19.7 Å². The first-order chi connectivity index (χ1) is 14.2. The van der Waals surface area contributed by atoms with Crippen molar-refractivity contribution in [3.8, 4) is 17.2 Å². The first-order valence-electron chi connectivity index (χ1n) is 9.44. The van der Waals surface area contributed by atoms with Crippen LogP contribution in [0.15, 0.2) is 55.1 Å².